The number of hydrogen-bond acceptors (Lipinski definition) is 5. The summed E-state index contributed by atoms with van der Waals surface area (Å²) in [4.78, 5) is 12.4. The van der Waals surface area contributed by atoms with Gasteiger partial charge in [-0.05, 0) is 70.9 Å². The number of ketones is 1. The summed E-state index contributed by atoms with van der Waals surface area (Å²) < 4.78 is 46.1. The molecule has 5 nitrogen and oxygen atoms in total. The van der Waals surface area contributed by atoms with Gasteiger partial charge in [0.15, 0.2) is 0 Å². The van der Waals surface area contributed by atoms with Crippen molar-refractivity contribution >= 4 is 15.9 Å². The van der Waals surface area contributed by atoms with Gasteiger partial charge >= 0.3 is 0 Å². The zero-order valence-corrected chi connectivity index (χ0v) is 18.6. The maximum Gasteiger partial charge on any atom is 0.297 e. The van der Waals surface area contributed by atoms with E-state index in [4.69, 9.17) is 4.18 Å². The molecular formula is C22H31FO5S. The van der Waals surface area contributed by atoms with E-state index in [-0.39, 0.29) is 23.5 Å². The summed E-state index contributed by atoms with van der Waals surface area (Å²) in [5.74, 6) is -1.68. The summed E-state index contributed by atoms with van der Waals surface area (Å²) in [7, 11) is -4.07. The third-order valence-corrected chi connectivity index (χ3v) is 8.50. The Morgan fingerprint density at radius 2 is 1.83 bits per heavy atom. The molecule has 0 aliphatic heterocycles. The summed E-state index contributed by atoms with van der Waals surface area (Å²) in [6.07, 6.45) is 0.344. The highest BCUT2D eigenvalue weighted by molar-refractivity contribution is 7.86. The lowest BCUT2D eigenvalue weighted by atomic mass is 9.58. The van der Waals surface area contributed by atoms with Crippen molar-refractivity contribution in [2.75, 3.05) is 0 Å². The summed E-state index contributed by atoms with van der Waals surface area (Å²) in [5, 5.41) is 11.6. The van der Waals surface area contributed by atoms with E-state index in [0.29, 0.717) is 12.8 Å². The molecule has 3 rings (SSSR count). The Labute approximate surface area is 172 Å². The molecule has 0 unspecified atom stereocenters. The van der Waals surface area contributed by atoms with Crippen molar-refractivity contribution in [1.82, 2.24) is 0 Å². The molecule has 1 aromatic carbocycles. The Morgan fingerprint density at radius 1 is 1.24 bits per heavy atom. The van der Waals surface area contributed by atoms with Gasteiger partial charge in [-0.1, -0.05) is 24.6 Å². The SMILES string of the molecule is CC(=O)[C@@H]1C[C@]2(O)[C@@H](C(C)(C)F)CC[C@]2(C)C[C@@H]1OS(=O)(=O)c1ccc(C)cc1. The highest BCUT2D eigenvalue weighted by Crippen LogP contribution is 2.62. The molecule has 2 fully saturated rings. The van der Waals surface area contributed by atoms with Gasteiger partial charge in [-0.15, -0.1) is 0 Å². The normalized spacial score (nSPS) is 35.3. The van der Waals surface area contributed by atoms with Crippen molar-refractivity contribution in [3.8, 4) is 0 Å². The maximum atomic E-state index is 14.9. The van der Waals surface area contributed by atoms with Crippen molar-refractivity contribution in [1.29, 1.82) is 0 Å². The van der Waals surface area contributed by atoms with Gasteiger partial charge in [0.25, 0.3) is 10.1 Å². The molecule has 0 aromatic heterocycles. The Bertz CT molecular complexity index is 889. The van der Waals surface area contributed by atoms with Crippen LogP contribution < -0.4 is 0 Å². The Kier molecular flexibility index (Phi) is 5.50. The number of fused-ring (bicyclic) bond motifs is 1. The predicted molar refractivity (Wildman–Crippen MR) is 108 cm³/mol. The van der Waals surface area contributed by atoms with Crippen LogP contribution >= 0.6 is 0 Å². The van der Waals surface area contributed by atoms with E-state index in [1.54, 1.807) is 12.1 Å². The lowest BCUT2D eigenvalue weighted by molar-refractivity contribution is -0.177. The van der Waals surface area contributed by atoms with E-state index in [2.05, 4.69) is 0 Å². The molecule has 1 aromatic rings. The third-order valence-electron chi connectivity index (χ3n) is 7.15. The number of rotatable bonds is 5. The number of carbonyl (C=O) groups excluding carboxylic acids is 1. The van der Waals surface area contributed by atoms with E-state index >= 15 is 0 Å². The summed E-state index contributed by atoms with van der Waals surface area (Å²) >= 11 is 0. The van der Waals surface area contributed by atoms with E-state index in [1.165, 1.54) is 32.9 Å². The van der Waals surface area contributed by atoms with Crippen LogP contribution in [-0.2, 0) is 19.1 Å². The number of hydrogen-bond donors (Lipinski definition) is 1. The molecule has 0 radical (unpaired) electrons. The molecule has 0 heterocycles. The molecule has 2 aliphatic carbocycles. The molecule has 0 bridgehead atoms. The number of aryl methyl sites for hydroxylation is 1. The molecule has 2 aliphatic rings. The van der Waals surface area contributed by atoms with Crippen LogP contribution in [0.2, 0.25) is 0 Å². The second-order valence-corrected chi connectivity index (χ2v) is 11.2. The minimum atomic E-state index is -4.07. The number of Topliss-reactive ketones (excluding diaryl/α,β-unsaturated/α-hetero) is 1. The Morgan fingerprint density at radius 3 is 2.34 bits per heavy atom. The second-order valence-electron chi connectivity index (χ2n) is 9.67. The molecule has 1 N–H and O–H groups in total. The van der Waals surface area contributed by atoms with Crippen molar-refractivity contribution < 1.29 is 26.9 Å². The number of aliphatic hydroxyl groups is 1. The molecule has 29 heavy (non-hydrogen) atoms. The number of benzene rings is 1. The monoisotopic (exact) mass is 426 g/mol. The van der Waals surface area contributed by atoms with Crippen LogP contribution in [0.1, 0.15) is 58.9 Å². The van der Waals surface area contributed by atoms with Crippen molar-refractivity contribution in [3.05, 3.63) is 29.8 Å². The molecule has 162 valence electrons. The summed E-state index contributed by atoms with van der Waals surface area (Å²) in [6.45, 7) is 7.98. The van der Waals surface area contributed by atoms with Gasteiger partial charge in [-0.2, -0.15) is 8.42 Å². The molecular weight excluding hydrogens is 395 g/mol. The fourth-order valence-electron chi connectivity index (χ4n) is 5.40. The number of halogens is 1. The molecule has 2 saturated carbocycles. The van der Waals surface area contributed by atoms with Crippen LogP contribution in [0, 0.1) is 24.2 Å². The first-order valence-electron chi connectivity index (χ1n) is 10.1. The summed E-state index contributed by atoms with van der Waals surface area (Å²) in [6, 6.07) is 6.33. The predicted octanol–water partition coefficient (Wildman–Crippen LogP) is 3.96. The fraction of sp³-hybridized carbons (Fsp3) is 0.682. The summed E-state index contributed by atoms with van der Waals surface area (Å²) in [5.41, 5.74) is -2.78. The fourth-order valence-corrected chi connectivity index (χ4v) is 6.51. The van der Waals surface area contributed by atoms with Crippen LogP contribution in [0.5, 0.6) is 0 Å². The largest absolute Gasteiger partial charge is 0.389 e. The van der Waals surface area contributed by atoms with Gasteiger partial charge in [0.1, 0.15) is 11.5 Å². The van der Waals surface area contributed by atoms with E-state index in [9.17, 15) is 22.7 Å². The number of alkyl halides is 1. The van der Waals surface area contributed by atoms with Crippen LogP contribution in [0.3, 0.4) is 0 Å². The maximum absolute atomic E-state index is 14.9. The Balaban J connectivity index is 1.93. The van der Waals surface area contributed by atoms with Gasteiger partial charge in [-0.3, -0.25) is 8.98 Å². The molecule has 0 saturated heterocycles. The first-order valence-corrected chi connectivity index (χ1v) is 11.5. The minimum absolute atomic E-state index is 0.00490. The smallest absolute Gasteiger partial charge is 0.297 e. The topological polar surface area (TPSA) is 80.7 Å². The number of carbonyl (C=O) groups is 1. The van der Waals surface area contributed by atoms with Crippen LogP contribution in [0.15, 0.2) is 29.2 Å². The van der Waals surface area contributed by atoms with E-state index in [0.717, 1.165) is 5.56 Å². The zero-order valence-electron chi connectivity index (χ0n) is 17.7. The van der Waals surface area contributed by atoms with Gasteiger partial charge in [0.2, 0.25) is 0 Å². The Hall–Kier alpha value is -1.31. The highest BCUT2D eigenvalue weighted by atomic mass is 32.2. The first kappa shape index (κ1) is 22.4. The van der Waals surface area contributed by atoms with Crippen LogP contribution in [0.25, 0.3) is 0 Å². The quantitative estimate of drug-likeness (QED) is 0.721. The van der Waals surface area contributed by atoms with Gasteiger partial charge in [0, 0.05) is 11.8 Å². The van der Waals surface area contributed by atoms with E-state index < -0.39 is 44.7 Å². The van der Waals surface area contributed by atoms with Gasteiger partial charge in [-0.25, -0.2) is 4.39 Å². The zero-order chi connectivity index (χ0) is 21.8. The van der Waals surface area contributed by atoms with Crippen LogP contribution in [-0.4, -0.2) is 36.7 Å². The first-order chi connectivity index (χ1) is 13.2. The molecule has 0 amide bonds. The van der Waals surface area contributed by atoms with Crippen molar-refractivity contribution in [2.24, 2.45) is 17.3 Å². The average Bonchev–Trinajstić information content (AvgIpc) is 2.84. The van der Waals surface area contributed by atoms with Crippen molar-refractivity contribution in [2.45, 2.75) is 82.6 Å². The standard InChI is InChI=1S/C22H31FO5S/c1-14-6-8-16(9-7-14)29(26,27)28-18-13-21(5)11-10-19(20(3,4)23)22(21,25)12-17(18)15(2)24/h6-9,17-19,25H,10-13H2,1-5H3/t17-,18-,19+,21+,22-/m0/s1. The molecule has 7 heteroatoms. The van der Waals surface area contributed by atoms with Crippen molar-refractivity contribution in [3.63, 3.8) is 0 Å². The molecule has 5 atom stereocenters. The molecule has 0 spiro atoms. The van der Waals surface area contributed by atoms with Crippen LogP contribution in [0.4, 0.5) is 4.39 Å². The van der Waals surface area contributed by atoms with Gasteiger partial charge in [0.05, 0.1) is 16.6 Å². The lowest BCUT2D eigenvalue weighted by Crippen LogP contribution is -2.59. The third kappa shape index (κ3) is 3.89. The van der Waals surface area contributed by atoms with Gasteiger partial charge < -0.3 is 5.11 Å². The minimum Gasteiger partial charge on any atom is -0.389 e. The highest BCUT2D eigenvalue weighted by Gasteiger charge is 2.65. The second kappa shape index (κ2) is 7.13. The lowest BCUT2D eigenvalue weighted by Gasteiger charge is -2.52. The van der Waals surface area contributed by atoms with E-state index in [1.807, 2.05) is 13.8 Å². The average molecular weight is 427 g/mol.